The molecule has 5 atom stereocenters. The first-order valence-corrected chi connectivity index (χ1v) is 16.8. The first-order valence-electron chi connectivity index (χ1n) is 16.8. The Morgan fingerprint density at radius 3 is 2.61 bits per heavy atom. The molecule has 4 N–H and O–H groups in total. The Morgan fingerprint density at radius 2 is 1.90 bits per heavy atom. The SMILES string of the molecule is CC(C)(C)OC(=O)N[C@@H]1CCCCC/C=C\C2CC2(C(=O)O)NC(=O)C2C[C@@H](Oc3nc4ccccc4nc3Cc3ncc[nH]3)CN2C1=O. The van der Waals surface area contributed by atoms with Crippen LogP contribution in [0.15, 0.2) is 48.8 Å². The average Bonchev–Trinajstić information content (AvgIpc) is 3.33. The summed E-state index contributed by atoms with van der Waals surface area (Å²) >= 11 is 0. The van der Waals surface area contributed by atoms with Crippen LogP contribution >= 0.6 is 0 Å². The van der Waals surface area contributed by atoms with Crippen molar-refractivity contribution >= 4 is 34.9 Å². The van der Waals surface area contributed by atoms with E-state index in [1.807, 2.05) is 36.4 Å². The summed E-state index contributed by atoms with van der Waals surface area (Å²) in [4.78, 5) is 72.0. The number of hydrogen-bond donors (Lipinski definition) is 4. The third-order valence-electron chi connectivity index (χ3n) is 9.09. The molecule has 2 aliphatic heterocycles. The van der Waals surface area contributed by atoms with Crippen molar-refractivity contribution in [2.24, 2.45) is 5.92 Å². The van der Waals surface area contributed by atoms with Crippen molar-refractivity contribution in [3.05, 3.63) is 60.3 Å². The molecule has 260 valence electrons. The van der Waals surface area contributed by atoms with Crippen molar-refractivity contribution in [3.63, 3.8) is 0 Å². The molecule has 1 aliphatic carbocycles. The number of alkyl carbamates (subject to hydrolysis) is 1. The molecule has 6 rings (SSSR count). The number of para-hydroxylation sites is 2. The average molecular weight is 674 g/mol. The second kappa shape index (κ2) is 13.8. The van der Waals surface area contributed by atoms with Gasteiger partial charge in [-0.05, 0) is 58.6 Å². The molecule has 3 amide bonds. The highest BCUT2D eigenvalue weighted by atomic mass is 16.6. The number of carboxylic acid groups (broad SMARTS) is 1. The summed E-state index contributed by atoms with van der Waals surface area (Å²) in [6.45, 7) is 5.21. The molecule has 2 fully saturated rings. The Bertz CT molecular complexity index is 1740. The van der Waals surface area contributed by atoms with Crippen molar-refractivity contribution in [2.75, 3.05) is 6.54 Å². The van der Waals surface area contributed by atoms with Crippen LogP contribution in [0.5, 0.6) is 5.88 Å². The monoisotopic (exact) mass is 673 g/mol. The minimum absolute atomic E-state index is 0.00151. The van der Waals surface area contributed by atoms with Crippen molar-refractivity contribution in [2.45, 2.75) is 101 Å². The molecule has 3 aliphatic rings. The van der Waals surface area contributed by atoms with Crippen molar-refractivity contribution in [3.8, 4) is 5.88 Å². The van der Waals surface area contributed by atoms with Crippen LogP contribution < -0.4 is 15.4 Å². The molecule has 1 saturated carbocycles. The topological polar surface area (TPSA) is 189 Å². The molecule has 14 nitrogen and oxygen atoms in total. The predicted octanol–water partition coefficient (Wildman–Crippen LogP) is 3.67. The number of nitrogens with zero attached hydrogens (tertiary/aromatic N) is 4. The third-order valence-corrected chi connectivity index (χ3v) is 9.09. The fraction of sp³-hybridized carbons (Fsp3) is 0.514. The molecule has 3 aromatic rings. The molecule has 4 heterocycles. The summed E-state index contributed by atoms with van der Waals surface area (Å²) in [6, 6.07) is 5.35. The number of benzene rings is 1. The standard InChI is InChI=1S/C35H43N7O7/c1-34(2,3)49-33(47)40-25-14-8-6-4-5-7-11-21-19-35(21,32(45)46)41-29(43)27-17-22(20-42(27)31(25)44)48-30-26(18-28-36-15-16-37-28)38-23-12-9-10-13-24(23)39-30/h7,9-13,15-16,21-22,25,27H,4-6,8,14,17-20H2,1-3H3,(H,36,37)(H,40,47)(H,41,43)(H,45,46)/b11-7-/t21?,22-,25-,27?,35?/m1/s1. The number of carbonyl (C=O) groups is 4. The van der Waals surface area contributed by atoms with E-state index in [9.17, 15) is 24.3 Å². The minimum Gasteiger partial charge on any atom is -0.479 e. The highest BCUT2D eigenvalue weighted by Crippen LogP contribution is 2.45. The molecular formula is C35H43N7O7. The highest BCUT2D eigenvalue weighted by molar-refractivity contribution is 5.96. The number of allylic oxidation sites excluding steroid dienone is 1. The van der Waals surface area contributed by atoms with Gasteiger partial charge >= 0.3 is 12.1 Å². The maximum absolute atomic E-state index is 14.3. The van der Waals surface area contributed by atoms with Gasteiger partial charge in [-0.25, -0.2) is 24.5 Å². The second-order valence-corrected chi connectivity index (χ2v) is 14.0. The van der Waals surface area contributed by atoms with Crippen molar-refractivity contribution in [1.82, 2.24) is 35.5 Å². The largest absolute Gasteiger partial charge is 0.479 e. The number of carbonyl (C=O) groups excluding carboxylic acids is 3. The zero-order chi connectivity index (χ0) is 34.8. The lowest BCUT2D eigenvalue weighted by molar-refractivity contribution is -0.145. The summed E-state index contributed by atoms with van der Waals surface area (Å²) in [5.41, 5.74) is -0.423. The van der Waals surface area contributed by atoms with Crippen LogP contribution in [0, 0.1) is 5.92 Å². The molecule has 1 aromatic carbocycles. The molecule has 0 spiro atoms. The number of aromatic amines is 1. The van der Waals surface area contributed by atoms with Crippen LogP contribution in [-0.2, 0) is 25.5 Å². The number of nitrogens with one attached hydrogen (secondary N) is 3. The van der Waals surface area contributed by atoms with Gasteiger partial charge in [0.05, 0.1) is 24.0 Å². The Hall–Kier alpha value is -5.01. The van der Waals surface area contributed by atoms with E-state index < -0.39 is 53.2 Å². The van der Waals surface area contributed by atoms with Gasteiger partial charge < -0.3 is 35.1 Å². The maximum Gasteiger partial charge on any atom is 0.408 e. The zero-order valence-electron chi connectivity index (χ0n) is 28.0. The Morgan fingerprint density at radius 1 is 1.12 bits per heavy atom. The van der Waals surface area contributed by atoms with E-state index in [0.717, 1.165) is 19.3 Å². The number of ether oxygens (including phenoxy) is 2. The Balaban J connectivity index is 1.31. The maximum atomic E-state index is 14.3. The van der Waals surface area contributed by atoms with E-state index >= 15 is 0 Å². The molecule has 3 unspecified atom stereocenters. The number of rotatable bonds is 6. The summed E-state index contributed by atoms with van der Waals surface area (Å²) in [6.07, 6.45) is 9.73. The molecule has 14 heteroatoms. The Kier molecular flexibility index (Phi) is 9.57. The van der Waals surface area contributed by atoms with E-state index in [0.29, 0.717) is 41.8 Å². The van der Waals surface area contributed by atoms with Gasteiger partial charge in [-0.15, -0.1) is 0 Å². The first-order chi connectivity index (χ1) is 23.4. The molecule has 2 aromatic heterocycles. The number of fused-ring (bicyclic) bond motifs is 3. The smallest absolute Gasteiger partial charge is 0.408 e. The van der Waals surface area contributed by atoms with Crippen LogP contribution in [0.1, 0.15) is 77.2 Å². The van der Waals surface area contributed by atoms with Gasteiger partial charge in [-0.2, -0.15) is 0 Å². The normalized spacial score (nSPS) is 26.8. The second-order valence-electron chi connectivity index (χ2n) is 14.0. The number of aromatic nitrogens is 4. The summed E-state index contributed by atoms with van der Waals surface area (Å²) in [7, 11) is 0. The number of aliphatic carboxylic acids is 1. The van der Waals surface area contributed by atoms with Crippen LogP contribution in [0.3, 0.4) is 0 Å². The molecule has 1 saturated heterocycles. The van der Waals surface area contributed by atoms with Crippen LogP contribution in [0.25, 0.3) is 11.0 Å². The minimum atomic E-state index is -1.45. The van der Waals surface area contributed by atoms with Gasteiger partial charge in [-0.1, -0.05) is 37.1 Å². The van der Waals surface area contributed by atoms with E-state index in [2.05, 4.69) is 20.6 Å². The molecular weight excluding hydrogens is 630 g/mol. The van der Waals surface area contributed by atoms with Crippen LogP contribution in [-0.4, -0.2) is 89.7 Å². The predicted molar refractivity (Wildman–Crippen MR) is 177 cm³/mol. The van der Waals surface area contributed by atoms with Crippen molar-refractivity contribution < 1.29 is 33.8 Å². The molecule has 0 bridgehead atoms. The number of imidazole rings is 1. The summed E-state index contributed by atoms with van der Waals surface area (Å²) in [5, 5.41) is 15.7. The molecule has 49 heavy (non-hydrogen) atoms. The van der Waals surface area contributed by atoms with Gasteiger partial charge in [0.25, 0.3) is 0 Å². The van der Waals surface area contributed by atoms with Crippen LogP contribution in [0.4, 0.5) is 4.79 Å². The quantitative estimate of drug-likeness (QED) is 0.281. The van der Waals surface area contributed by atoms with Gasteiger partial charge in [0.2, 0.25) is 17.7 Å². The zero-order valence-corrected chi connectivity index (χ0v) is 28.0. The lowest BCUT2D eigenvalue weighted by Crippen LogP contribution is -2.56. The number of H-pyrrole nitrogens is 1. The number of amides is 3. The number of hydrogen-bond acceptors (Lipinski definition) is 9. The number of carboxylic acids is 1. The van der Waals surface area contributed by atoms with Crippen LogP contribution in [0.2, 0.25) is 0 Å². The first kappa shape index (κ1) is 33.9. The molecule has 0 radical (unpaired) electrons. The van der Waals surface area contributed by atoms with Gasteiger partial charge in [0.1, 0.15) is 40.8 Å². The van der Waals surface area contributed by atoms with Gasteiger partial charge in [0.15, 0.2) is 0 Å². The highest BCUT2D eigenvalue weighted by Gasteiger charge is 2.61. The lowest BCUT2D eigenvalue weighted by atomic mass is 10.0. The Labute approximate surface area is 284 Å². The van der Waals surface area contributed by atoms with E-state index in [1.54, 1.807) is 33.2 Å². The van der Waals surface area contributed by atoms with Gasteiger partial charge in [0, 0.05) is 24.7 Å². The summed E-state index contributed by atoms with van der Waals surface area (Å²) < 4.78 is 11.9. The van der Waals surface area contributed by atoms with Crippen molar-refractivity contribution in [1.29, 1.82) is 0 Å². The van der Waals surface area contributed by atoms with Gasteiger partial charge in [-0.3, -0.25) is 9.59 Å². The lowest BCUT2D eigenvalue weighted by Gasteiger charge is -2.30. The van der Waals surface area contributed by atoms with E-state index in [4.69, 9.17) is 19.4 Å². The fourth-order valence-corrected chi connectivity index (χ4v) is 6.54. The third kappa shape index (κ3) is 7.84. The van der Waals surface area contributed by atoms with E-state index in [-0.39, 0.29) is 31.2 Å². The fourth-order valence-electron chi connectivity index (χ4n) is 6.54. The summed E-state index contributed by atoms with van der Waals surface area (Å²) in [5.74, 6) is -1.64. The van der Waals surface area contributed by atoms with E-state index in [1.165, 1.54) is 4.90 Å².